The van der Waals surface area contributed by atoms with Crippen LogP contribution in [0.25, 0.3) is 0 Å². The Balaban J connectivity index is 1.48. The van der Waals surface area contributed by atoms with Gasteiger partial charge in [-0.2, -0.15) is 0 Å². The van der Waals surface area contributed by atoms with Crippen LogP contribution in [0.1, 0.15) is 54.2 Å². The second kappa shape index (κ2) is 11.1. The molecule has 0 aliphatic carbocycles. The van der Waals surface area contributed by atoms with Gasteiger partial charge in [0.15, 0.2) is 17.2 Å². The maximum absolute atomic E-state index is 13.6. The van der Waals surface area contributed by atoms with Crippen molar-refractivity contribution in [2.45, 2.75) is 64.0 Å². The molecule has 194 valence electrons. The Kier molecular flexibility index (Phi) is 8.28. The van der Waals surface area contributed by atoms with Crippen LogP contribution in [0, 0.1) is 25.7 Å². The van der Waals surface area contributed by atoms with Gasteiger partial charge in [0.25, 0.3) is 0 Å². The van der Waals surface area contributed by atoms with Crippen LogP contribution < -0.4 is 4.74 Å². The molecule has 36 heavy (non-hydrogen) atoms. The molecule has 5 nitrogen and oxygen atoms in total. The third-order valence-electron chi connectivity index (χ3n) is 7.85. The first-order valence-corrected chi connectivity index (χ1v) is 14.1. The van der Waals surface area contributed by atoms with Gasteiger partial charge < -0.3 is 9.47 Å². The standard InChI is InChI=1S/C30H39NO4S/c1-19-13-22(14-20(2)29(19)35-30(4,5)21(3)32)7-8-24-15-31(25-17-34-18-25)16-27(24)28(33)23-9-11-26(36-6)12-10-23/h9-14,24-25,27H,7-8,15-18H2,1-6H3/t24-,27-/m1/s1. The minimum absolute atomic E-state index is 0.00632. The van der Waals surface area contributed by atoms with Crippen molar-refractivity contribution in [1.29, 1.82) is 0 Å². The average Bonchev–Trinajstić information content (AvgIpc) is 3.21. The van der Waals surface area contributed by atoms with Gasteiger partial charge in [-0.1, -0.05) is 24.3 Å². The van der Waals surface area contributed by atoms with E-state index in [2.05, 4.69) is 23.3 Å². The lowest BCUT2D eigenvalue weighted by molar-refractivity contribution is -0.129. The summed E-state index contributed by atoms with van der Waals surface area (Å²) >= 11 is 1.69. The van der Waals surface area contributed by atoms with E-state index in [1.807, 2.05) is 52.0 Å². The summed E-state index contributed by atoms with van der Waals surface area (Å²) in [5.74, 6) is 1.38. The Bertz CT molecular complexity index is 1080. The van der Waals surface area contributed by atoms with Gasteiger partial charge in [0, 0.05) is 29.5 Å². The zero-order valence-corrected chi connectivity index (χ0v) is 23.2. The highest BCUT2D eigenvalue weighted by atomic mass is 32.2. The fourth-order valence-corrected chi connectivity index (χ4v) is 5.63. The van der Waals surface area contributed by atoms with Crippen LogP contribution in [0.2, 0.25) is 0 Å². The first-order chi connectivity index (χ1) is 17.1. The summed E-state index contributed by atoms with van der Waals surface area (Å²) in [7, 11) is 0. The average molecular weight is 510 g/mol. The number of benzene rings is 2. The molecule has 0 saturated carbocycles. The van der Waals surface area contributed by atoms with Crippen molar-refractivity contribution < 1.29 is 19.1 Å². The topological polar surface area (TPSA) is 55.8 Å². The fourth-order valence-electron chi connectivity index (χ4n) is 5.22. The second-order valence-corrected chi connectivity index (χ2v) is 11.8. The number of nitrogens with zero attached hydrogens (tertiary/aromatic N) is 1. The van der Waals surface area contributed by atoms with E-state index in [0.29, 0.717) is 12.0 Å². The smallest absolute Gasteiger partial charge is 0.172 e. The normalized spacial score (nSPS) is 20.8. The molecule has 0 amide bonds. The van der Waals surface area contributed by atoms with Crippen LogP contribution in [0.5, 0.6) is 5.75 Å². The molecule has 4 rings (SSSR count). The monoisotopic (exact) mass is 509 g/mol. The molecule has 2 aliphatic heterocycles. The van der Waals surface area contributed by atoms with Crippen LogP contribution in [-0.2, 0) is 16.0 Å². The van der Waals surface area contributed by atoms with Crippen molar-refractivity contribution in [3.8, 4) is 5.75 Å². The number of hydrogen-bond donors (Lipinski definition) is 0. The number of aryl methyl sites for hydroxylation is 3. The largest absolute Gasteiger partial charge is 0.480 e. The number of carbonyl (C=O) groups is 2. The van der Waals surface area contributed by atoms with Crippen molar-refractivity contribution >= 4 is 23.3 Å². The number of carbonyl (C=O) groups excluding carboxylic acids is 2. The van der Waals surface area contributed by atoms with Crippen LogP contribution in [-0.4, -0.2) is 60.7 Å². The van der Waals surface area contributed by atoms with Crippen molar-refractivity contribution in [1.82, 2.24) is 4.90 Å². The predicted octanol–water partition coefficient (Wildman–Crippen LogP) is 5.53. The highest BCUT2D eigenvalue weighted by Crippen LogP contribution is 2.35. The molecule has 2 heterocycles. The lowest BCUT2D eigenvalue weighted by Gasteiger charge is -2.34. The summed E-state index contributed by atoms with van der Waals surface area (Å²) in [6, 6.07) is 12.8. The van der Waals surface area contributed by atoms with E-state index in [1.54, 1.807) is 18.7 Å². The number of ketones is 2. The SMILES string of the molecule is CSc1ccc(C(=O)[C@@H]2CN(C3COC3)C[C@H]2CCc2cc(C)c(OC(C)(C)C(C)=O)c(C)c2)cc1. The van der Waals surface area contributed by atoms with Crippen LogP contribution in [0.3, 0.4) is 0 Å². The van der Waals surface area contributed by atoms with E-state index in [4.69, 9.17) is 9.47 Å². The van der Waals surface area contributed by atoms with Gasteiger partial charge in [-0.15, -0.1) is 11.8 Å². The van der Waals surface area contributed by atoms with Crippen molar-refractivity contribution in [2.24, 2.45) is 11.8 Å². The quantitative estimate of drug-likeness (QED) is 0.310. The van der Waals surface area contributed by atoms with Crippen LogP contribution in [0.15, 0.2) is 41.3 Å². The summed E-state index contributed by atoms with van der Waals surface area (Å²) in [5.41, 5.74) is 3.30. The molecule has 2 aromatic carbocycles. The van der Waals surface area contributed by atoms with Gasteiger partial charge in [-0.25, -0.2) is 0 Å². The number of ether oxygens (including phenoxy) is 2. The van der Waals surface area contributed by atoms with Gasteiger partial charge in [0.2, 0.25) is 0 Å². The van der Waals surface area contributed by atoms with E-state index in [9.17, 15) is 9.59 Å². The second-order valence-electron chi connectivity index (χ2n) is 10.9. The van der Waals surface area contributed by atoms with E-state index in [1.165, 1.54) is 10.5 Å². The van der Waals surface area contributed by atoms with E-state index in [0.717, 1.165) is 61.6 Å². The molecule has 0 spiro atoms. The Labute approximate surface area is 219 Å². The molecule has 2 aliphatic rings. The van der Waals surface area contributed by atoms with Crippen molar-refractivity contribution in [3.05, 3.63) is 58.7 Å². The number of likely N-dealkylation sites (tertiary alicyclic amines) is 1. The summed E-state index contributed by atoms with van der Waals surface area (Å²) < 4.78 is 11.6. The Hall–Kier alpha value is -2.15. The molecule has 0 unspecified atom stereocenters. The summed E-state index contributed by atoms with van der Waals surface area (Å²) in [6.07, 6.45) is 3.92. The van der Waals surface area contributed by atoms with Crippen LogP contribution >= 0.6 is 11.8 Å². The summed E-state index contributed by atoms with van der Waals surface area (Å²) in [5, 5.41) is 0. The Morgan fingerprint density at radius 2 is 1.72 bits per heavy atom. The van der Waals surface area contributed by atoms with Crippen molar-refractivity contribution in [3.63, 3.8) is 0 Å². The van der Waals surface area contributed by atoms with Gasteiger partial charge in [0.1, 0.15) is 5.75 Å². The highest BCUT2D eigenvalue weighted by Gasteiger charge is 2.41. The van der Waals surface area contributed by atoms with Gasteiger partial charge in [0.05, 0.1) is 19.3 Å². The number of rotatable bonds is 10. The number of hydrogen-bond acceptors (Lipinski definition) is 6. The molecule has 2 atom stereocenters. The summed E-state index contributed by atoms with van der Waals surface area (Å²) in [6.45, 7) is 12.6. The molecule has 0 N–H and O–H groups in total. The zero-order valence-electron chi connectivity index (χ0n) is 22.4. The lowest BCUT2D eigenvalue weighted by atomic mass is 9.84. The first kappa shape index (κ1) is 26.9. The number of thioether (sulfide) groups is 1. The minimum atomic E-state index is -0.850. The molecule has 6 heteroatoms. The Morgan fingerprint density at radius 1 is 1.08 bits per heavy atom. The maximum Gasteiger partial charge on any atom is 0.172 e. The Morgan fingerprint density at radius 3 is 2.25 bits per heavy atom. The van der Waals surface area contributed by atoms with Gasteiger partial charge >= 0.3 is 0 Å². The van der Waals surface area contributed by atoms with E-state index in [-0.39, 0.29) is 17.5 Å². The molecular weight excluding hydrogens is 470 g/mol. The van der Waals surface area contributed by atoms with Crippen LogP contribution in [0.4, 0.5) is 0 Å². The zero-order chi connectivity index (χ0) is 26.0. The molecule has 2 fully saturated rings. The molecule has 2 saturated heterocycles. The van der Waals surface area contributed by atoms with Gasteiger partial charge in [-0.3, -0.25) is 14.5 Å². The van der Waals surface area contributed by atoms with E-state index < -0.39 is 5.60 Å². The third kappa shape index (κ3) is 5.87. The molecule has 0 radical (unpaired) electrons. The molecule has 0 bridgehead atoms. The molecular formula is C30H39NO4S. The highest BCUT2D eigenvalue weighted by molar-refractivity contribution is 7.98. The van der Waals surface area contributed by atoms with Crippen molar-refractivity contribution in [2.75, 3.05) is 32.6 Å². The molecule has 2 aromatic rings. The fraction of sp³-hybridized carbons (Fsp3) is 0.533. The maximum atomic E-state index is 13.6. The van der Waals surface area contributed by atoms with Gasteiger partial charge in [-0.05, 0) is 88.5 Å². The third-order valence-corrected chi connectivity index (χ3v) is 8.59. The minimum Gasteiger partial charge on any atom is -0.480 e. The number of Topliss-reactive ketones (excluding diaryl/α,β-unsaturated/α-hetero) is 2. The van der Waals surface area contributed by atoms with E-state index >= 15 is 0 Å². The lowest BCUT2D eigenvalue weighted by Crippen LogP contribution is -2.48. The first-order valence-electron chi connectivity index (χ1n) is 12.9. The molecule has 0 aromatic heterocycles. The predicted molar refractivity (Wildman–Crippen MR) is 145 cm³/mol. The summed E-state index contributed by atoms with van der Waals surface area (Å²) in [4.78, 5) is 29.2.